The van der Waals surface area contributed by atoms with E-state index in [2.05, 4.69) is 19.2 Å². The number of hydrogen-bond donors (Lipinski definition) is 1. The summed E-state index contributed by atoms with van der Waals surface area (Å²) in [5.41, 5.74) is 1.32. The van der Waals surface area contributed by atoms with E-state index in [1.807, 2.05) is 18.4 Å². The highest BCUT2D eigenvalue weighted by Crippen LogP contribution is 2.44. The molecule has 0 aromatic carbocycles. The molecule has 0 radical (unpaired) electrons. The largest absolute Gasteiger partial charge is 0.381 e. The van der Waals surface area contributed by atoms with Crippen molar-refractivity contribution in [3.63, 3.8) is 0 Å². The van der Waals surface area contributed by atoms with Crippen molar-refractivity contribution in [3.8, 4) is 0 Å². The summed E-state index contributed by atoms with van der Waals surface area (Å²) < 4.78 is 5.36. The lowest BCUT2D eigenvalue weighted by molar-refractivity contribution is -0.0300. The molecule has 90 valence electrons. The average Bonchev–Trinajstić information content (AvgIpc) is 2.60. The number of aromatic nitrogens is 1. The number of hydrogen-bond acceptors (Lipinski definition) is 4. The van der Waals surface area contributed by atoms with Crippen molar-refractivity contribution < 1.29 is 4.74 Å². The highest BCUT2D eigenvalue weighted by molar-refractivity contribution is 7.11. The molecule has 2 rings (SSSR count). The minimum absolute atomic E-state index is 0.0729. The van der Waals surface area contributed by atoms with Gasteiger partial charge in [0.2, 0.25) is 0 Å². The van der Waals surface area contributed by atoms with E-state index in [1.165, 1.54) is 15.6 Å². The monoisotopic (exact) mass is 240 g/mol. The molecule has 0 atom stereocenters. The Bertz CT molecular complexity index is 369. The van der Waals surface area contributed by atoms with Crippen LogP contribution in [0.25, 0.3) is 0 Å². The average molecular weight is 240 g/mol. The molecule has 0 bridgehead atoms. The molecular formula is C12H20N2OS. The molecule has 1 aliphatic rings. The molecule has 0 spiro atoms. The van der Waals surface area contributed by atoms with Gasteiger partial charge in [-0.05, 0) is 33.2 Å². The molecule has 1 N–H and O–H groups in total. The van der Waals surface area contributed by atoms with Crippen LogP contribution in [0.15, 0.2) is 0 Å². The van der Waals surface area contributed by atoms with Crippen LogP contribution in [-0.2, 0) is 16.7 Å². The molecule has 3 nitrogen and oxygen atoms in total. The Morgan fingerprint density at radius 3 is 2.69 bits per heavy atom. The third-order valence-corrected chi connectivity index (χ3v) is 4.82. The minimum atomic E-state index is 0.0729. The summed E-state index contributed by atoms with van der Waals surface area (Å²) in [6.45, 7) is 4.33. The van der Waals surface area contributed by atoms with Crippen LogP contribution in [0.3, 0.4) is 0 Å². The second kappa shape index (κ2) is 4.43. The second-order valence-electron chi connectivity index (χ2n) is 4.47. The number of ether oxygens (including phenoxy) is 1. The van der Waals surface area contributed by atoms with Crippen LogP contribution in [0.2, 0.25) is 0 Å². The van der Waals surface area contributed by atoms with Gasteiger partial charge in [-0.1, -0.05) is 6.92 Å². The fraction of sp³-hybridized carbons (Fsp3) is 0.750. The Morgan fingerprint density at radius 2 is 2.25 bits per heavy atom. The van der Waals surface area contributed by atoms with Crippen LogP contribution >= 0.6 is 11.3 Å². The van der Waals surface area contributed by atoms with Crippen LogP contribution in [0, 0.1) is 6.92 Å². The molecule has 0 unspecified atom stereocenters. The van der Waals surface area contributed by atoms with Crippen molar-refractivity contribution >= 4 is 11.3 Å². The fourth-order valence-corrected chi connectivity index (χ4v) is 3.55. The molecular weight excluding hydrogens is 220 g/mol. The van der Waals surface area contributed by atoms with Gasteiger partial charge < -0.3 is 10.1 Å². The maximum absolute atomic E-state index is 5.36. The summed E-state index contributed by atoms with van der Waals surface area (Å²) in [5, 5.41) is 4.66. The van der Waals surface area contributed by atoms with Gasteiger partial charge in [-0.3, -0.25) is 0 Å². The van der Waals surface area contributed by atoms with Gasteiger partial charge >= 0.3 is 0 Å². The zero-order chi connectivity index (χ0) is 11.8. The molecule has 1 aromatic heterocycles. The van der Waals surface area contributed by atoms with Gasteiger partial charge in [-0.15, -0.1) is 11.3 Å². The van der Waals surface area contributed by atoms with Crippen molar-refractivity contribution in [2.75, 3.05) is 14.2 Å². The maximum atomic E-state index is 5.36. The number of aryl methyl sites for hydroxylation is 2. The normalized spacial score (nSPS) is 29.1. The van der Waals surface area contributed by atoms with E-state index in [9.17, 15) is 0 Å². The third-order valence-electron chi connectivity index (χ3n) is 3.60. The molecule has 1 aliphatic carbocycles. The summed E-state index contributed by atoms with van der Waals surface area (Å²) in [6.07, 6.45) is 3.49. The number of thiazole rings is 1. The van der Waals surface area contributed by atoms with Crippen molar-refractivity contribution in [1.29, 1.82) is 0 Å². The van der Waals surface area contributed by atoms with Crippen LogP contribution in [-0.4, -0.2) is 25.2 Å². The van der Waals surface area contributed by atoms with E-state index < -0.39 is 0 Å². The Labute approximate surface area is 101 Å². The quantitative estimate of drug-likeness (QED) is 0.876. The van der Waals surface area contributed by atoms with Crippen molar-refractivity contribution in [2.24, 2.45) is 0 Å². The lowest BCUT2D eigenvalue weighted by Gasteiger charge is -2.45. The second-order valence-corrected chi connectivity index (χ2v) is 5.68. The van der Waals surface area contributed by atoms with Gasteiger partial charge in [0.25, 0.3) is 0 Å². The molecule has 0 saturated heterocycles. The summed E-state index contributed by atoms with van der Waals surface area (Å²) in [7, 11) is 3.81. The minimum Gasteiger partial charge on any atom is -0.381 e. The van der Waals surface area contributed by atoms with Gasteiger partial charge in [0.15, 0.2) is 0 Å². The van der Waals surface area contributed by atoms with E-state index in [-0.39, 0.29) is 5.54 Å². The van der Waals surface area contributed by atoms with E-state index in [0.29, 0.717) is 6.10 Å². The van der Waals surface area contributed by atoms with Gasteiger partial charge in [0, 0.05) is 12.0 Å². The highest BCUT2D eigenvalue weighted by Gasteiger charge is 2.47. The molecule has 4 heteroatoms. The molecule has 0 aliphatic heterocycles. The van der Waals surface area contributed by atoms with E-state index >= 15 is 0 Å². The molecule has 1 heterocycles. The Hall–Kier alpha value is -0.450. The van der Waals surface area contributed by atoms with Gasteiger partial charge in [0.1, 0.15) is 5.01 Å². The summed E-state index contributed by atoms with van der Waals surface area (Å²) in [5.74, 6) is 0. The van der Waals surface area contributed by atoms with Crippen LogP contribution in [0.4, 0.5) is 0 Å². The SMILES string of the molecule is CCc1nc(C2(NC)CC(OC)C2)sc1C. The van der Waals surface area contributed by atoms with Gasteiger partial charge in [-0.25, -0.2) is 4.98 Å². The van der Waals surface area contributed by atoms with Crippen molar-refractivity contribution in [3.05, 3.63) is 15.6 Å². The number of rotatable bonds is 4. The zero-order valence-electron chi connectivity index (χ0n) is 10.5. The zero-order valence-corrected chi connectivity index (χ0v) is 11.3. The van der Waals surface area contributed by atoms with Crippen molar-refractivity contribution in [2.45, 2.75) is 44.8 Å². The standard InChI is InChI=1S/C12H20N2OS/c1-5-10-8(2)16-11(14-10)12(13-3)6-9(7-12)15-4/h9,13H,5-7H2,1-4H3. The highest BCUT2D eigenvalue weighted by atomic mass is 32.1. The first kappa shape index (κ1) is 12.0. The first-order valence-electron chi connectivity index (χ1n) is 5.83. The summed E-state index contributed by atoms with van der Waals surface area (Å²) >= 11 is 1.83. The number of nitrogens with one attached hydrogen (secondary N) is 1. The van der Waals surface area contributed by atoms with Crippen LogP contribution in [0.5, 0.6) is 0 Å². The summed E-state index contributed by atoms with van der Waals surface area (Å²) in [4.78, 5) is 6.12. The molecule has 1 aromatic rings. The van der Waals surface area contributed by atoms with Gasteiger partial charge in [-0.2, -0.15) is 0 Å². The predicted octanol–water partition coefficient (Wildman–Crippen LogP) is 2.24. The first-order valence-corrected chi connectivity index (χ1v) is 6.65. The van der Waals surface area contributed by atoms with E-state index in [4.69, 9.17) is 9.72 Å². The fourth-order valence-electron chi connectivity index (χ4n) is 2.33. The maximum Gasteiger partial charge on any atom is 0.113 e. The Morgan fingerprint density at radius 1 is 1.56 bits per heavy atom. The van der Waals surface area contributed by atoms with E-state index in [1.54, 1.807) is 7.11 Å². The third kappa shape index (κ3) is 1.79. The predicted molar refractivity (Wildman–Crippen MR) is 67.0 cm³/mol. The smallest absolute Gasteiger partial charge is 0.113 e. The molecule has 16 heavy (non-hydrogen) atoms. The molecule has 1 fully saturated rings. The van der Waals surface area contributed by atoms with Crippen LogP contribution < -0.4 is 5.32 Å². The first-order chi connectivity index (χ1) is 7.65. The lowest BCUT2D eigenvalue weighted by atomic mass is 9.74. The van der Waals surface area contributed by atoms with Crippen molar-refractivity contribution in [1.82, 2.24) is 10.3 Å². The van der Waals surface area contributed by atoms with E-state index in [0.717, 1.165) is 19.3 Å². The van der Waals surface area contributed by atoms with Gasteiger partial charge in [0.05, 0.1) is 17.3 Å². The Kier molecular flexibility index (Phi) is 3.33. The van der Waals surface area contributed by atoms with Crippen LogP contribution in [0.1, 0.15) is 35.3 Å². The molecule has 1 saturated carbocycles. The number of nitrogens with zero attached hydrogens (tertiary/aromatic N) is 1. The topological polar surface area (TPSA) is 34.2 Å². The number of methoxy groups -OCH3 is 1. The lowest BCUT2D eigenvalue weighted by Crippen LogP contribution is -2.54. The summed E-state index contributed by atoms with van der Waals surface area (Å²) in [6, 6.07) is 0. The molecule has 0 amide bonds. The Balaban J connectivity index is 2.22.